The van der Waals surface area contributed by atoms with Crippen molar-refractivity contribution in [2.75, 3.05) is 6.54 Å². The number of nitro groups is 1. The summed E-state index contributed by atoms with van der Waals surface area (Å²) in [6, 6.07) is 6.26. The lowest BCUT2D eigenvalue weighted by atomic mass is 10.1. The first-order valence-corrected chi connectivity index (χ1v) is 7.14. The quantitative estimate of drug-likeness (QED) is 0.640. The van der Waals surface area contributed by atoms with Crippen molar-refractivity contribution in [1.82, 2.24) is 9.47 Å². The van der Waals surface area contributed by atoms with Crippen LogP contribution in [0.4, 0.5) is 5.00 Å². The van der Waals surface area contributed by atoms with E-state index in [0.717, 1.165) is 25.2 Å². The zero-order chi connectivity index (χ0) is 13.4. The molecule has 0 aromatic carbocycles. The molecule has 1 aliphatic heterocycles. The van der Waals surface area contributed by atoms with Crippen LogP contribution in [0.1, 0.15) is 24.2 Å². The minimum Gasteiger partial charge on any atom is -0.349 e. The highest BCUT2D eigenvalue weighted by Gasteiger charge is 2.24. The highest BCUT2D eigenvalue weighted by Crippen LogP contribution is 2.29. The van der Waals surface area contributed by atoms with Crippen molar-refractivity contribution in [2.24, 2.45) is 0 Å². The molecule has 3 rings (SSSR count). The number of thiophene rings is 1. The van der Waals surface area contributed by atoms with Gasteiger partial charge in [-0.3, -0.25) is 15.0 Å². The number of aromatic nitrogens is 1. The summed E-state index contributed by atoms with van der Waals surface area (Å²) in [6.45, 7) is 4.92. The molecule has 19 heavy (non-hydrogen) atoms. The highest BCUT2D eigenvalue weighted by atomic mass is 32.1. The van der Waals surface area contributed by atoms with Crippen LogP contribution in [-0.4, -0.2) is 20.9 Å². The van der Waals surface area contributed by atoms with Gasteiger partial charge in [0.25, 0.3) is 0 Å². The lowest BCUT2D eigenvalue weighted by Gasteiger charge is -2.34. The van der Waals surface area contributed by atoms with Crippen molar-refractivity contribution in [2.45, 2.75) is 26.1 Å². The van der Waals surface area contributed by atoms with E-state index in [1.807, 2.05) is 5.38 Å². The maximum absolute atomic E-state index is 10.7. The lowest BCUT2D eigenvalue weighted by molar-refractivity contribution is -0.380. The Labute approximate surface area is 115 Å². The Bertz CT molecular complexity index is 605. The van der Waals surface area contributed by atoms with Crippen LogP contribution in [0.15, 0.2) is 29.8 Å². The molecule has 2 aromatic rings. The molecule has 0 N–H and O–H groups in total. The Kier molecular flexibility index (Phi) is 3.12. The summed E-state index contributed by atoms with van der Waals surface area (Å²) in [5, 5.41) is 12.8. The van der Waals surface area contributed by atoms with Gasteiger partial charge in [0.15, 0.2) is 0 Å². The Morgan fingerprint density at radius 3 is 3.11 bits per heavy atom. The zero-order valence-electron chi connectivity index (χ0n) is 10.7. The number of nitrogens with zero attached hydrogens (tertiary/aromatic N) is 3. The Morgan fingerprint density at radius 2 is 2.37 bits per heavy atom. The predicted molar refractivity (Wildman–Crippen MR) is 74.2 cm³/mol. The standard InChI is InChI=1S/C13H15N3O2S/c1-10-12-3-2-4-14(12)5-6-15(10)8-11-7-13(16(17)18)19-9-11/h2-4,7,9-10H,5-6,8H2,1H3. The first kappa shape index (κ1) is 12.4. The topological polar surface area (TPSA) is 51.3 Å². The molecule has 1 atom stereocenters. The molecular formula is C13H15N3O2S. The van der Waals surface area contributed by atoms with E-state index < -0.39 is 0 Å². The van der Waals surface area contributed by atoms with Crippen molar-refractivity contribution in [3.63, 3.8) is 0 Å². The number of fused-ring (bicyclic) bond motifs is 1. The first-order valence-electron chi connectivity index (χ1n) is 6.26. The predicted octanol–water partition coefficient (Wildman–Crippen LogP) is 3.03. The molecule has 6 heteroatoms. The third-order valence-corrected chi connectivity index (χ3v) is 4.60. The van der Waals surface area contributed by atoms with E-state index >= 15 is 0 Å². The van der Waals surface area contributed by atoms with Gasteiger partial charge in [0.2, 0.25) is 0 Å². The summed E-state index contributed by atoms with van der Waals surface area (Å²) >= 11 is 1.20. The van der Waals surface area contributed by atoms with E-state index in [-0.39, 0.29) is 9.92 Å². The van der Waals surface area contributed by atoms with Crippen LogP contribution in [0.2, 0.25) is 0 Å². The first-order chi connectivity index (χ1) is 9.15. The van der Waals surface area contributed by atoms with E-state index in [4.69, 9.17) is 0 Å². The molecule has 0 spiro atoms. The number of hydrogen-bond acceptors (Lipinski definition) is 4. The summed E-state index contributed by atoms with van der Waals surface area (Å²) < 4.78 is 2.28. The van der Waals surface area contributed by atoms with Gasteiger partial charge in [-0.15, -0.1) is 0 Å². The van der Waals surface area contributed by atoms with Crippen LogP contribution in [0.3, 0.4) is 0 Å². The van der Waals surface area contributed by atoms with Crippen LogP contribution >= 0.6 is 11.3 Å². The molecule has 0 saturated carbocycles. The SMILES string of the molecule is CC1c2cccn2CCN1Cc1csc([N+](=O)[O-])c1. The molecule has 0 amide bonds. The molecule has 100 valence electrons. The fraction of sp³-hybridized carbons (Fsp3) is 0.385. The van der Waals surface area contributed by atoms with Gasteiger partial charge in [-0.1, -0.05) is 11.3 Å². The lowest BCUT2D eigenvalue weighted by Crippen LogP contribution is -2.35. The molecule has 1 unspecified atom stereocenters. The van der Waals surface area contributed by atoms with Crippen molar-refractivity contribution in [3.05, 3.63) is 51.1 Å². The monoisotopic (exact) mass is 277 g/mol. The van der Waals surface area contributed by atoms with Gasteiger partial charge < -0.3 is 4.57 Å². The molecule has 3 heterocycles. The average Bonchev–Trinajstić information content (AvgIpc) is 3.01. The van der Waals surface area contributed by atoms with Crippen LogP contribution in [0, 0.1) is 10.1 Å². The third kappa shape index (κ3) is 2.29. The van der Waals surface area contributed by atoms with Gasteiger partial charge in [0.05, 0.1) is 4.92 Å². The minimum atomic E-state index is -0.320. The fourth-order valence-electron chi connectivity index (χ4n) is 2.62. The van der Waals surface area contributed by atoms with Crippen molar-refractivity contribution < 1.29 is 4.92 Å². The highest BCUT2D eigenvalue weighted by molar-refractivity contribution is 7.13. The van der Waals surface area contributed by atoms with Crippen molar-refractivity contribution in [3.8, 4) is 0 Å². The van der Waals surface area contributed by atoms with Crippen LogP contribution in [-0.2, 0) is 13.1 Å². The maximum Gasteiger partial charge on any atom is 0.324 e. The van der Waals surface area contributed by atoms with Crippen LogP contribution in [0.5, 0.6) is 0 Å². The van der Waals surface area contributed by atoms with Gasteiger partial charge in [-0.25, -0.2) is 0 Å². The van der Waals surface area contributed by atoms with Gasteiger partial charge >= 0.3 is 5.00 Å². The third-order valence-electron chi connectivity index (χ3n) is 3.67. The van der Waals surface area contributed by atoms with E-state index in [1.165, 1.54) is 17.0 Å². The van der Waals surface area contributed by atoms with Crippen molar-refractivity contribution in [1.29, 1.82) is 0 Å². The minimum absolute atomic E-state index is 0.225. The smallest absolute Gasteiger partial charge is 0.324 e. The summed E-state index contributed by atoms with van der Waals surface area (Å²) in [4.78, 5) is 12.7. The Hall–Kier alpha value is -1.66. The summed E-state index contributed by atoms with van der Waals surface area (Å²) in [5.41, 5.74) is 2.35. The second-order valence-corrected chi connectivity index (χ2v) is 5.71. The van der Waals surface area contributed by atoms with E-state index in [9.17, 15) is 10.1 Å². The zero-order valence-corrected chi connectivity index (χ0v) is 11.5. The van der Waals surface area contributed by atoms with Gasteiger partial charge in [0, 0.05) is 49.0 Å². The molecule has 0 bridgehead atoms. The van der Waals surface area contributed by atoms with Gasteiger partial charge in [-0.05, 0) is 24.6 Å². The fourth-order valence-corrected chi connectivity index (χ4v) is 3.34. The van der Waals surface area contributed by atoms with Gasteiger partial charge in [0.1, 0.15) is 0 Å². The molecule has 1 aliphatic rings. The normalized spacial score (nSPS) is 19.3. The summed E-state index contributed by atoms with van der Waals surface area (Å²) in [5.74, 6) is 0. The van der Waals surface area contributed by atoms with E-state index in [0.29, 0.717) is 6.04 Å². The van der Waals surface area contributed by atoms with E-state index in [1.54, 1.807) is 6.07 Å². The number of rotatable bonds is 3. The second-order valence-electron chi connectivity index (χ2n) is 4.82. The summed E-state index contributed by atoms with van der Waals surface area (Å²) in [6.07, 6.45) is 2.11. The molecule has 5 nitrogen and oxygen atoms in total. The molecule has 0 fully saturated rings. The molecule has 0 saturated heterocycles. The van der Waals surface area contributed by atoms with Gasteiger partial charge in [-0.2, -0.15) is 0 Å². The molecule has 0 aliphatic carbocycles. The molecule has 2 aromatic heterocycles. The van der Waals surface area contributed by atoms with Crippen LogP contribution in [0.25, 0.3) is 0 Å². The van der Waals surface area contributed by atoms with Crippen molar-refractivity contribution >= 4 is 16.3 Å². The Balaban J connectivity index is 1.75. The van der Waals surface area contributed by atoms with Crippen LogP contribution < -0.4 is 0 Å². The second kappa shape index (κ2) is 4.79. The van der Waals surface area contributed by atoms with E-state index in [2.05, 4.69) is 34.7 Å². The Morgan fingerprint density at radius 1 is 1.53 bits per heavy atom. The summed E-state index contributed by atoms with van der Waals surface area (Å²) in [7, 11) is 0. The molecular weight excluding hydrogens is 262 g/mol. The molecule has 0 radical (unpaired) electrons. The number of hydrogen-bond donors (Lipinski definition) is 0. The average molecular weight is 277 g/mol. The maximum atomic E-state index is 10.7. The largest absolute Gasteiger partial charge is 0.349 e.